The summed E-state index contributed by atoms with van der Waals surface area (Å²) >= 11 is 2.93. The zero-order valence-corrected chi connectivity index (χ0v) is 5.85. The Morgan fingerprint density at radius 3 is 2.38 bits per heavy atom. The van der Waals surface area contributed by atoms with Gasteiger partial charge in [0.05, 0.1) is 0 Å². The van der Waals surface area contributed by atoms with Gasteiger partial charge in [0, 0.05) is 0 Å². The average molecular weight is 176 g/mol. The molecule has 0 bridgehead atoms. The Hall–Kier alpha value is -0.570. The Morgan fingerprint density at radius 1 is 1.75 bits per heavy atom. The molecule has 0 aliphatic rings. The molecule has 0 saturated heterocycles. The number of hydrogen-bond donors (Lipinski definition) is 1. The van der Waals surface area contributed by atoms with E-state index in [1.807, 2.05) is 0 Å². The molecule has 0 aromatic heterocycles. The van der Waals surface area contributed by atoms with Crippen molar-refractivity contribution in [1.82, 2.24) is 0 Å². The fourth-order valence-corrected chi connectivity index (χ4v) is 0.327. The summed E-state index contributed by atoms with van der Waals surface area (Å²) in [6.07, 6.45) is 1.28. The molecule has 0 radical (unpaired) electrons. The summed E-state index contributed by atoms with van der Waals surface area (Å²) in [5.41, 5.74) is 0. The van der Waals surface area contributed by atoms with Crippen LogP contribution in [0.25, 0.3) is 0 Å². The van der Waals surface area contributed by atoms with Crippen LogP contribution < -0.4 is 0 Å². The highest BCUT2D eigenvalue weighted by atomic mass is 79.9. The van der Waals surface area contributed by atoms with E-state index in [-0.39, 0.29) is 5.76 Å². The Kier molecular flexibility index (Phi) is 3.19. The lowest BCUT2D eigenvalue weighted by Gasteiger charge is -1.88. The molecule has 0 aromatic rings. The number of allylic oxidation sites excluding steroid dienone is 1. The van der Waals surface area contributed by atoms with Crippen molar-refractivity contribution in [3.63, 3.8) is 0 Å². The van der Waals surface area contributed by atoms with Gasteiger partial charge in [-0.05, 0) is 28.7 Å². The minimum absolute atomic E-state index is 0.000000000000000222. The van der Waals surface area contributed by atoms with Crippen LogP contribution in [0.1, 0.15) is 0 Å². The molecule has 0 atom stereocenters. The first-order valence-electron chi connectivity index (χ1n) is 1.90. The summed E-state index contributed by atoms with van der Waals surface area (Å²) in [7, 11) is 0. The number of aliphatic hydroxyl groups excluding tert-OH is 1. The van der Waals surface area contributed by atoms with Gasteiger partial charge in [-0.2, -0.15) is 0 Å². The second kappa shape index (κ2) is 3.43. The largest absolute Gasteiger partial charge is 0.505 e. The van der Waals surface area contributed by atoms with Crippen LogP contribution in [0.4, 0.5) is 0 Å². The minimum atomic E-state index is 0.000000000000000222. The third-order valence-corrected chi connectivity index (χ3v) is 1.20. The highest BCUT2D eigenvalue weighted by Gasteiger charge is 1.89. The molecular weight excluding hydrogens is 170 g/mol. The standard InChI is InChI=1S/C5H6BrNO/c1-3-4(8)5(6)7-2/h3,8H,1-2H2/b5-4+. The highest BCUT2D eigenvalue weighted by Crippen LogP contribution is 2.09. The van der Waals surface area contributed by atoms with E-state index in [4.69, 9.17) is 5.11 Å². The molecule has 0 heterocycles. The van der Waals surface area contributed by atoms with Gasteiger partial charge in [0.25, 0.3) is 0 Å². The zero-order valence-electron chi connectivity index (χ0n) is 4.26. The van der Waals surface area contributed by atoms with Crippen molar-refractivity contribution in [2.45, 2.75) is 0 Å². The van der Waals surface area contributed by atoms with Crippen LogP contribution >= 0.6 is 15.9 Å². The second-order valence-electron chi connectivity index (χ2n) is 1.04. The first-order chi connectivity index (χ1) is 3.72. The Morgan fingerprint density at radius 2 is 2.25 bits per heavy atom. The first-order valence-corrected chi connectivity index (χ1v) is 2.69. The van der Waals surface area contributed by atoms with Crippen molar-refractivity contribution < 1.29 is 5.11 Å². The second-order valence-corrected chi connectivity index (χ2v) is 1.79. The van der Waals surface area contributed by atoms with Gasteiger partial charge in [0.15, 0.2) is 0 Å². The van der Waals surface area contributed by atoms with Gasteiger partial charge in [-0.15, -0.1) is 0 Å². The summed E-state index contributed by atoms with van der Waals surface area (Å²) in [4.78, 5) is 3.38. The van der Waals surface area contributed by atoms with Gasteiger partial charge >= 0.3 is 0 Å². The van der Waals surface area contributed by atoms with Crippen molar-refractivity contribution in [3.05, 3.63) is 23.0 Å². The lowest BCUT2D eigenvalue weighted by atomic mass is 10.5. The van der Waals surface area contributed by atoms with Gasteiger partial charge < -0.3 is 5.11 Å². The third-order valence-electron chi connectivity index (χ3n) is 0.544. The summed E-state index contributed by atoms with van der Waals surface area (Å²) < 4.78 is 0.313. The summed E-state index contributed by atoms with van der Waals surface area (Å²) in [5, 5.41) is 8.71. The molecule has 44 valence electrons. The molecule has 0 amide bonds. The maximum absolute atomic E-state index is 8.71. The molecule has 8 heavy (non-hydrogen) atoms. The molecule has 0 aliphatic heterocycles. The van der Waals surface area contributed by atoms with Gasteiger partial charge in [-0.3, -0.25) is 4.99 Å². The normalized spacial score (nSPS) is 12.1. The van der Waals surface area contributed by atoms with Crippen molar-refractivity contribution in [2.24, 2.45) is 4.99 Å². The lowest BCUT2D eigenvalue weighted by Crippen LogP contribution is -1.73. The molecule has 0 unspecified atom stereocenters. The summed E-state index contributed by atoms with van der Waals surface area (Å²) in [5.74, 6) is 0.000000000000000222. The molecule has 2 nitrogen and oxygen atoms in total. The highest BCUT2D eigenvalue weighted by molar-refractivity contribution is 9.11. The third kappa shape index (κ3) is 1.93. The molecule has 0 saturated carbocycles. The van der Waals surface area contributed by atoms with Gasteiger partial charge in [-0.25, -0.2) is 0 Å². The van der Waals surface area contributed by atoms with Crippen LogP contribution in [0.2, 0.25) is 0 Å². The van der Waals surface area contributed by atoms with Gasteiger partial charge in [-0.1, -0.05) is 6.58 Å². The average Bonchev–Trinajstić information content (AvgIpc) is 1.84. The van der Waals surface area contributed by atoms with E-state index >= 15 is 0 Å². The van der Waals surface area contributed by atoms with Crippen LogP contribution in [-0.2, 0) is 0 Å². The Balaban J connectivity index is 4.25. The van der Waals surface area contributed by atoms with Crippen molar-refractivity contribution >= 4 is 22.6 Å². The predicted octanol–water partition coefficient (Wildman–Crippen LogP) is 1.99. The zero-order chi connectivity index (χ0) is 6.57. The summed E-state index contributed by atoms with van der Waals surface area (Å²) in [6, 6.07) is 0. The van der Waals surface area contributed by atoms with Crippen LogP contribution in [0, 0.1) is 0 Å². The molecule has 1 N–H and O–H groups in total. The van der Waals surface area contributed by atoms with E-state index in [0.29, 0.717) is 4.61 Å². The van der Waals surface area contributed by atoms with E-state index in [1.54, 1.807) is 0 Å². The Labute approximate surface area is 56.4 Å². The lowest BCUT2D eigenvalue weighted by molar-refractivity contribution is 0.430. The monoisotopic (exact) mass is 175 g/mol. The molecule has 0 rings (SSSR count). The summed E-state index contributed by atoms with van der Waals surface area (Å²) in [6.45, 7) is 6.47. The molecule has 3 heteroatoms. The number of rotatable bonds is 2. The van der Waals surface area contributed by atoms with E-state index in [9.17, 15) is 0 Å². The van der Waals surface area contributed by atoms with Crippen LogP contribution in [0.15, 0.2) is 28.0 Å². The number of aliphatic imine (C=N–C) groups is 1. The SMILES string of the molecule is C=C/C(O)=C(/Br)N=C. The Bertz CT molecular complexity index is 123. The topological polar surface area (TPSA) is 32.6 Å². The van der Waals surface area contributed by atoms with Crippen molar-refractivity contribution in [2.75, 3.05) is 0 Å². The van der Waals surface area contributed by atoms with E-state index < -0.39 is 0 Å². The molecule has 0 aromatic carbocycles. The van der Waals surface area contributed by atoms with Gasteiger partial charge in [0.1, 0.15) is 10.4 Å². The fourth-order valence-electron chi connectivity index (χ4n) is 0.165. The van der Waals surface area contributed by atoms with Crippen LogP contribution in [0.5, 0.6) is 0 Å². The number of hydrogen-bond acceptors (Lipinski definition) is 2. The van der Waals surface area contributed by atoms with E-state index in [1.165, 1.54) is 6.08 Å². The van der Waals surface area contributed by atoms with E-state index in [0.717, 1.165) is 0 Å². The minimum Gasteiger partial charge on any atom is -0.505 e. The predicted molar refractivity (Wildman–Crippen MR) is 38.3 cm³/mol. The van der Waals surface area contributed by atoms with Crippen LogP contribution in [-0.4, -0.2) is 11.8 Å². The quantitative estimate of drug-likeness (QED) is 0.296. The molecule has 0 fully saturated rings. The van der Waals surface area contributed by atoms with Crippen molar-refractivity contribution in [1.29, 1.82) is 0 Å². The number of nitrogens with zero attached hydrogens (tertiary/aromatic N) is 1. The maximum Gasteiger partial charge on any atom is 0.147 e. The first kappa shape index (κ1) is 7.43. The number of aliphatic hydroxyl groups is 1. The van der Waals surface area contributed by atoms with Crippen LogP contribution in [0.3, 0.4) is 0 Å². The number of halogens is 1. The van der Waals surface area contributed by atoms with Gasteiger partial charge in [0.2, 0.25) is 0 Å². The van der Waals surface area contributed by atoms with E-state index in [2.05, 4.69) is 34.2 Å². The molecule has 0 spiro atoms. The fraction of sp³-hybridized carbons (Fsp3) is 0. The smallest absolute Gasteiger partial charge is 0.147 e. The van der Waals surface area contributed by atoms with Crippen molar-refractivity contribution in [3.8, 4) is 0 Å². The molecule has 0 aliphatic carbocycles. The molecular formula is C5H6BrNO. The maximum atomic E-state index is 8.71.